The van der Waals surface area contributed by atoms with Crippen molar-refractivity contribution in [1.29, 1.82) is 0 Å². The molecule has 1 aliphatic rings. The zero-order valence-corrected chi connectivity index (χ0v) is 19.2. The van der Waals surface area contributed by atoms with E-state index in [1.54, 1.807) is 19.2 Å². The predicted octanol–water partition coefficient (Wildman–Crippen LogP) is 2.11. The molecule has 1 N–H and O–H groups in total. The van der Waals surface area contributed by atoms with Crippen molar-refractivity contribution in [3.63, 3.8) is 0 Å². The van der Waals surface area contributed by atoms with Gasteiger partial charge in [0.05, 0.1) is 29.6 Å². The number of aromatic nitrogens is 1. The van der Waals surface area contributed by atoms with Gasteiger partial charge in [-0.1, -0.05) is 0 Å². The largest absolute Gasteiger partial charge is 0.383 e. The summed E-state index contributed by atoms with van der Waals surface area (Å²) in [5.41, 5.74) is 1.40. The lowest BCUT2D eigenvalue weighted by molar-refractivity contribution is 0.0730. The molecular weight excluding hydrogens is 454 g/mol. The molecule has 0 amide bonds. The van der Waals surface area contributed by atoms with Gasteiger partial charge in [-0.2, -0.15) is 4.31 Å². The fourth-order valence-corrected chi connectivity index (χ4v) is 6.05. The lowest BCUT2D eigenvalue weighted by atomic mass is 10.2. The normalized spacial score (nSPS) is 15.8. The minimum atomic E-state index is -3.88. The molecule has 0 unspecified atom stereocenters. The van der Waals surface area contributed by atoms with Crippen LogP contribution in [-0.2, 0) is 36.1 Å². The lowest BCUT2D eigenvalue weighted by Gasteiger charge is -2.26. The summed E-state index contributed by atoms with van der Waals surface area (Å²) in [6.07, 6.45) is 1.93. The second-order valence-electron chi connectivity index (χ2n) is 7.37. The Kier molecular flexibility index (Phi) is 6.54. The van der Waals surface area contributed by atoms with Crippen LogP contribution in [0.2, 0.25) is 0 Å². The molecule has 0 spiro atoms. The van der Waals surface area contributed by atoms with Crippen molar-refractivity contribution in [2.24, 2.45) is 0 Å². The first kappa shape index (κ1) is 22.7. The molecule has 0 saturated carbocycles. The second-order valence-corrected chi connectivity index (χ2v) is 11.0. The maximum Gasteiger partial charge on any atom is 0.261 e. The highest BCUT2D eigenvalue weighted by Gasteiger charge is 2.27. The highest BCUT2D eigenvalue weighted by molar-refractivity contribution is 7.92. The molecule has 1 aliphatic heterocycles. The summed E-state index contributed by atoms with van der Waals surface area (Å²) < 4.78 is 67.4. The highest BCUT2D eigenvalue weighted by Crippen LogP contribution is 2.24. The van der Waals surface area contributed by atoms with Crippen LogP contribution in [0.15, 0.2) is 64.5 Å². The van der Waals surface area contributed by atoms with Crippen molar-refractivity contribution < 1.29 is 26.3 Å². The Morgan fingerprint density at radius 1 is 0.969 bits per heavy atom. The molecule has 4 rings (SSSR count). The van der Waals surface area contributed by atoms with E-state index >= 15 is 0 Å². The van der Waals surface area contributed by atoms with Crippen LogP contribution in [0.4, 0.5) is 5.69 Å². The van der Waals surface area contributed by atoms with Gasteiger partial charge in [0.2, 0.25) is 10.0 Å². The Morgan fingerprint density at radius 2 is 1.66 bits per heavy atom. The van der Waals surface area contributed by atoms with E-state index in [-0.39, 0.29) is 22.9 Å². The number of anilines is 1. The van der Waals surface area contributed by atoms with Crippen LogP contribution in [-0.4, -0.2) is 65.7 Å². The van der Waals surface area contributed by atoms with Crippen LogP contribution < -0.4 is 4.72 Å². The van der Waals surface area contributed by atoms with Gasteiger partial charge >= 0.3 is 0 Å². The Balaban J connectivity index is 1.52. The summed E-state index contributed by atoms with van der Waals surface area (Å²) in [5.74, 6) is 0. The molecule has 3 aromatic rings. The van der Waals surface area contributed by atoms with Gasteiger partial charge in [0.15, 0.2) is 0 Å². The quantitative estimate of drug-likeness (QED) is 0.530. The summed E-state index contributed by atoms with van der Waals surface area (Å²) >= 11 is 0. The topological polar surface area (TPSA) is 107 Å². The molecule has 1 fully saturated rings. The maximum atomic E-state index is 12.8. The van der Waals surface area contributed by atoms with E-state index in [2.05, 4.69) is 4.72 Å². The van der Waals surface area contributed by atoms with Gasteiger partial charge in [0, 0.05) is 49.5 Å². The lowest BCUT2D eigenvalue weighted by Crippen LogP contribution is -2.40. The maximum absolute atomic E-state index is 12.8. The molecule has 2 aromatic carbocycles. The number of sulfonamides is 2. The third-order valence-corrected chi connectivity index (χ3v) is 8.61. The smallest absolute Gasteiger partial charge is 0.261 e. The third-order valence-electron chi connectivity index (χ3n) is 5.30. The van der Waals surface area contributed by atoms with Crippen LogP contribution in [0.1, 0.15) is 0 Å². The Bertz CT molecular complexity index is 1300. The summed E-state index contributed by atoms with van der Waals surface area (Å²) in [6.45, 7) is 2.52. The van der Waals surface area contributed by atoms with Gasteiger partial charge in [-0.25, -0.2) is 16.8 Å². The number of nitrogens with zero attached hydrogens (tertiary/aromatic N) is 2. The Labute approximate surface area is 187 Å². The number of methoxy groups -OCH3 is 1. The van der Waals surface area contributed by atoms with Crippen LogP contribution in [0.25, 0.3) is 10.9 Å². The molecule has 0 bridgehead atoms. The number of ether oxygens (including phenoxy) is 2. The molecule has 0 aliphatic carbocycles. The fraction of sp³-hybridized carbons (Fsp3) is 0.333. The average Bonchev–Trinajstić information content (AvgIpc) is 3.20. The van der Waals surface area contributed by atoms with E-state index in [0.717, 1.165) is 10.9 Å². The molecule has 32 heavy (non-hydrogen) atoms. The first-order chi connectivity index (χ1) is 15.3. The molecular formula is C21H25N3O6S2. The minimum absolute atomic E-state index is 0.0174. The molecule has 1 saturated heterocycles. The predicted molar refractivity (Wildman–Crippen MR) is 121 cm³/mol. The van der Waals surface area contributed by atoms with Crippen LogP contribution in [0, 0.1) is 0 Å². The Morgan fingerprint density at radius 3 is 2.34 bits per heavy atom. The van der Waals surface area contributed by atoms with Crippen LogP contribution >= 0.6 is 0 Å². The van der Waals surface area contributed by atoms with Gasteiger partial charge in [0.1, 0.15) is 0 Å². The van der Waals surface area contributed by atoms with Crippen LogP contribution in [0.5, 0.6) is 0 Å². The van der Waals surface area contributed by atoms with Crippen molar-refractivity contribution >= 4 is 36.6 Å². The fourth-order valence-electron chi connectivity index (χ4n) is 3.59. The molecule has 0 radical (unpaired) electrons. The first-order valence-electron chi connectivity index (χ1n) is 10.1. The number of rotatable bonds is 8. The number of fused-ring (bicyclic) bond motifs is 1. The van der Waals surface area contributed by atoms with E-state index in [9.17, 15) is 16.8 Å². The number of morpholine rings is 1. The number of benzene rings is 2. The number of hydrogen-bond acceptors (Lipinski definition) is 6. The van der Waals surface area contributed by atoms with Crippen molar-refractivity contribution in [3.05, 3.63) is 54.7 Å². The van der Waals surface area contributed by atoms with E-state index in [1.807, 2.05) is 22.9 Å². The summed E-state index contributed by atoms with van der Waals surface area (Å²) in [6, 6.07) is 12.4. The SMILES string of the molecule is COCCn1ccc2cc(NS(=O)(=O)c3ccc(S(=O)(=O)N4CCOCC4)cc3)ccc21. The standard InChI is InChI=1S/C21H25N3O6S2/c1-29-13-10-23-9-8-17-16-18(2-7-21(17)23)22-31(25,26)19-3-5-20(6-4-19)32(27,28)24-11-14-30-15-12-24/h2-9,16,22H,10-15H2,1H3. The van der Waals surface area contributed by atoms with Crippen molar-refractivity contribution in [3.8, 4) is 0 Å². The van der Waals surface area contributed by atoms with Crippen molar-refractivity contribution in [1.82, 2.24) is 8.87 Å². The van der Waals surface area contributed by atoms with Crippen LogP contribution in [0.3, 0.4) is 0 Å². The summed E-state index contributed by atoms with van der Waals surface area (Å²) in [7, 11) is -5.92. The molecule has 9 nitrogen and oxygen atoms in total. The highest BCUT2D eigenvalue weighted by atomic mass is 32.2. The molecule has 172 valence electrons. The number of hydrogen-bond donors (Lipinski definition) is 1. The second kappa shape index (κ2) is 9.20. The van der Waals surface area contributed by atoms with Gasteiger partial charge in [0.25, 0.3) is 10.0 Å². The van der Waals surface area contributed by atoms with Crippen molar-refractivity contribution in [2.75, 3.05) is 44.7 Å². The van der Waals surface area contributed by atoms with Gasteiger partial charge in [-0.15, -0.1) is 0 Å². The van der Waals surface area contributed by atoms with E-state index in [1.165, 1.54) is 28.6 Å². The summed E-state index contributed by atoms with van der Waals surface area (Å²) in [5, 5.41) is 0.897. The zero-order valence-electron chi connectivity index (χ0n) is 17.6. The molecule has 2 heterocycles. The Hall–Kier alpha value is -2.44. The number of nitrogens with one attached hydrogen (secondary N) is 1. The van der Waals surface area contributed by atoms with E-state index < -0.39 is 20.0 Å². The average molecular weight is 480 g/mol. The van der Waals surface area contributed by atoms with E-state index in [4.69, 9.17) is 9.47 Å². The monoisotopic (exact) mass is 479 g/mol. The minimum Gasteiger partial charge on any atom is -0.383 e. The summed E-state index contributed by atoms with van der Waals surface area (Å²) in [4.78, 5) is 0.0355. The van der Waals surface area contributed by atoms with Gasteiger partial charge in [-0.3, -0.25) is 4.72 Å². The van der Waals surface area contributed by atoms with Gasteiger partial charge < -0.3 is 14.0 Å². The van der Waals surface area contributed by atoms with Crippen molar-refractivity contribution in [2.45, 2.75) is 16.3 Å². The zero-order chi connectivity index (χ0) is 22.8. The molecule has 0 atom stereocenters. The van der Waals surface area contributed by atoms with E-state index in [0.29, 0.717) is 32.1 Å². The van der Waals surface area contributed by atoms with Gasteiger partial charge in [-0.05, 0) is 48.5 Å². The first-order valence-corrected chi connectivity index (χ1v) is 13.0. The molecule has 11 heteroatoms. The third kappa shape index (κ3) is 4.66. The molecule has 1 aromatic heterocycles.